The van der Waals surface area contributed by atoms with E-state index in [0.717, 1.165) is 49.6 Å². The lowest BCUT2D eigenvalue weighted by molar-refractivity contribution is -0.0209. The lowest BCUT2D eigenvalue weighted by Crippen LogP contribution is -2.58. The van der Waals surface area contributed by atoms with Gasteiger partial charge in [0.1, 0.15) is 6.10 Å². The van der Waals surface area contributed by atoms with E-state index in [2.05, 4.69) is 15.5 Å². The number of hydrogen-bond donors (Lipinski definition) is 1. The molecular formula is C17H25N3O2. The topological polar surface area (TPSA) is 60.2 Å². The fourth-order valence-electron chi connectivity index (χ4n) is 5.84. The molecule has 0 radical (unpaired) electrons. The molecule has 6 rings (SSSR count). The Balaban J connectivity index is 1.25. The number of nitrogens with one attached hydrogen (secondary N) is 1. The third-order valence-electron chi connectivity index (χ3n) is 6.35. The van der Waals surface area contributed by atoms with Crippen molar-refractivity contribution >= 4 is 0 Å². The first-order valence-corrected chi connectivity index (χ1v) is 8.97. The second kappa shape index (κ2) is 5.03. The summed E-state index contributed by atoms with van der Waals surface area (Å²) in [5, 5.41) is 7.97. The van der Waals surface area contributed by atoms with Crippen LogP contribution in [0.4, 0.5) is 0 Å². The summed E-state index contributed by atoms with van der Waals surface area (Å²) in [4.78, 5) is 4.54. The zero-order valence-corrected chi connectivity index (χ0v) is 13.1. The molecule has 5 aliphatic rings. The van der Waals surface area contributed by atoms with Crippen molar-refractivity contribution in [3.8, 4) is 0 Å². The Bertz CT molecular complexity index is 515. The highest BCUT2D eigenvalue weighted by Gasteiger charge is 2.50. The first-order chi connectivity index (χ1) is 10.8. The number of hydrogen-bond acceptors (Lipinski definition) is 5. The lowest BCUT2D eigenvalue weighted by Gasteiger charge is -2.57. The highest BCUT2D eigenvalue weighted by atomic mass is 16.5. The van der Waals surface area contributed by atoms with Crippen LogP contribution in [0.25, 0.3) is 0 Å². The van der Waals surface area contributed by atoms with Crippen LogP contribution in [-0.4, -0.2) is 22.3 Å². The summed E-state index contributed by atoms with van der Waals surface area (Å²) in [6.07, 6.45) is 10.6. The van der Waals surface area contributed by atoms with Gasteiger partial charge in [0.25, 0.3) is 5.89 Å². The third-order valence-corrected chi connectivity index (χ3v) is 6.35. The SMILES string of the molecule is C1COC(c2nc(CNC34CC5CC(CC(C5)C3)C4)no2)C1. The van der Waals surface area contributed by atoms with E-state index in [9.17, 15) is 0 Å². The predicted molar refractivity (Wildman–Crippen MR) is 80.0 cm³/mol. The fraction of sp³-hybridized carbons (Fsp3) is 0.882. The van der Waals surface area contributed by atoms with Gasteiger partial charge in [0.15, 0.2) is 5.82 Å². The molecule has 0 aromatic carbocycles. The molecule has 4 saturated carbocycles. The van der Waals surface area contributed by atoms with Gasteiger partial charge in [-0.05, 0) is 69.1 Å². The number of aromatic nitrogens is 2. The molecule has 1 aromatic heterocycles. The van der Waals surface area contributed by atoms with Crippen LogP contribution in [0.15, 0.2) is 4.52 Å². The standard InChI is InChI=1S/C17H25N3O2/c1-2-14(21-3-1)16-19-15(20-22-16)10-18-17-7-11-4-12(8-17)6-13(5-11)9-17/h11-14,18H,1-10H2. The molecule has 5 fully saturated rings. The Morgan fingerprint density at radius 3 is 2.45 bits per heavy atom. The maximum Gasteiger partial charge on any atom is 0.255 e. The van der Waals surface area contributed by atoms with Gasteiger partial charge in [-0.3, -0.25) is 0 Å². The third kappa shape index (κ3) is 2.29. The number of nitrogens with zero attached hydrogens (tertiary/aromatic N) is 2. The van der Waals surface area contributed by atoms with E-state index < -0.39 is 0 Å². The first-order valence-electron chi connectivity index (χ1n) is 8.97. The van der Waals surface area contributed by atoms with Gasteiger partial charge >= 0.3 is 0 Å². The number of rotatable bonds is 4. The van der Waals surface area contributed by atoms with Gasteiger partial charge in [-0.2, -0.15) is 4.98 Å². The second-order valence-electron chi connectivity index (χ2n) is 8.10. The molecule has 1 N–H and O–H groups in total. The van der Waals surface area contributed by atoms with E-state index in [1.807, 2.05) is 0 Å². The molecule has 1 aromatic rings. The van der Waals surface area contributed by atoms with Crippen LogP contribution in [0.2, 0.25) is 0 Å². The van der Waals surface area contributed by atoms with E-state index in [0.29, 0.717) is 11.4 Å². The summed E-state index contributed by atoms with van der Waals surface area (Å²) in [5.74, 6) is 4.35. The van der Waals surface area contributed by atoms with Crippen molar-refractivity contribution in [3.05, 3.63) is 11.7 Å². The molecule has 1 aliphatic heterocycles. The van der Waals surface area contributed by atoms with Crippen LogP contribution in [0, 0.1) is 17.8 Å². The van der Waals surface area contributed by atoms with Crippen molar-refractivity contribution < 1.29 is 9.26 Å². The maximum atomic E-state index is 5.61. The molecule has 1 unspecified atom stereocenters. The fourth-order valence-corrected chi connectivity index (χ4v) is 5.84. The Labute approximate surface area is 131 Å². The van der Waals surface area contributed by atoms with Gasteiger partial charge < -0.3 is 14.6 Å². The monoisotopic (exact) mass is 303 g/mol. The quantitative estimate of drug-likeness (QED) is 0.926. The van der Waals surface area contributed by atoms with Gasteiger partial charge in [-0.25, -0.2) is 0 Å². The van der Waals surface area contributed by atoms with Crippen molar-refractivity contribution in [2.24, 2.45) is 17.8 Å². The van der Waals surface area contributed by atoms with E-state index in [-0.39, 0.29) is 6.10 Å². The molecule has 22 heavy (non-hydrogen) atoms. The van der Waals surface area contributed by atoms with Crippen molar-refractivity contribution in [2.45, 2.75) is 69.6 Å². The summed E-state index contributed by atoms with van der Waals surface area (Å²) in [6, 6.07) is 0. The first kappa shape index (κ1) is 13.5. The smallest absolute Gasteiger partial charge is 0.255 e. The summed E-state index contributed by atoms with van der Waals surface area (Å²) >= 11 is 0. The molecule has 0 amide bonds. The Hall–Kier alpha value is -0.940. The Morgan fingerprint density at radius 1 is 1.09 bits per heavy atom. The predicted octanol–water partition coefficient (Wildman–Crippen LogP) is 2.98. The minimum Gasteiger partial charge on any atom is -0.368 e. The summed E-state index contributed by atoms with van der Waals surface area (Å²) in [7, 11) is 0. The molecule has 1 atom stereocenters. The summed E-state index contributed by atoms with van der Waals surface area (Å²) in [5.41, 5.74) is 0.361. The molecule has 4 aliphatic carbocycles. The van der Waals surface area contributed by atoms with Gasteiger partial charge in [-0.1, -0.05) is 5.16 Å². The van der Waals surface area contributed by atoms with Gasteiger partial charge in [-0.15, -0.1) is 0 Å². The van der Waals surface area contributed by atoms with Gasteiger partial charge in [0.2, 0.25) is 0 Å². The van der Waals surface area contributed by atoms with Gasteiger partial charge in [0, 0.05) is 12.1 Å². The Morgan fingerprint density at radius 2 is 1.82 bits per heavy atom. The number of ether oxygens (including phenoxy) is 1. The zero-order valence-electron chi connectivity index (χ0n) is 13.1. The van der Waals surface area contributed by atoms with Crippen molar-refractivity contribution in [1.82, 2.24) is 15.5 Å². The van der Waals surface area contributed by atoms with E-state index in [4.69, 9.17) is 9.26 Å². The molecule has 5 heteroatoms. The van der Waals surface area contributed by atoms with Crippen molar-refractivity contribution in [1.29, 1.82) is 0 Å². The largest absolute Gasteiger partial charge is 0.368 e. The zero-order chi connectivity index (χ0) is 14.6. The average molecular weight is 303 g/mol. The van der Waals surface area contributed by atoms with Crippen LogP contribution < -0.4 is 5.32 Å². The van der Waals surface area contributed by atoms with Crippen LogP contribution in [0.3, 0.4) is 0 Å². The van der Waals surface area contributed by atoms with E-state index in [1.165, 1.54) is 38.5 Å². The average Bonchev–Trinajstić information content (AvgIpc) is 3.15. The van der Waals surface area contributed by atoms with Gasteiger partial charge in [0.05, 0.1) is 6.54 Å². The molecule has 1 saturated heterocycles. The maximum absolute atomic E-state index is 5.61. The van der Waals surface area contributed by atoms with Crippen molar-refractivity contribution in [2.75, 3.05) is 6.61 Å². The van der Waals surface area contributed by atoms with Crippen LogP contribution in [0.5, 0.6) is 0 Å². The molecule has 120 valence electrons. The summed E-state index contributed by atoms with van der Waals surface area (Å²) in [6.45, 7) is 1.55. The molecular weight excluding hydrogens is 278 g/mol. The van der Waals surface area contributed by atoms with Crippen LogP contribution in [0.1, 0.15) is 69.2 Å². The van der Waals surface area contributed by atoms with Crippen molar-refractivity contribution in [3.63, 3.8) is 0 Å². The Kier molecular flexibility index (Phi) is 3.09. The molecule has 5 nitrogen and oxygen atoms in total. The minimum atomic E-state index is 0.0285. The van der Waals surface area contributed by atoms with Crippen LogP contribution >= 0.6 is 0 Å². The lowest BCUT2D eigenvalue weighted by atomic mass is 9.53. The van der Waals surface area contributed by atoms with Crippen LogP contribution in [-0.2, 0) is 11.3 Å². The minimum absolute atomic E-state index is 0.0285. The summed E-state index contributed by atoms with van der Waals surface area (Å²) < 4.78 is 11.0. The highest BCUT2D eigenvalue weighted by molar-refractivity contribution is 5.07. The van der Waals surface area contributed by atoms with E-state index >= 15 is 0 Å². The molecule has 0 spiro atoms. The normalized spacial score (nSPS) is 43.1. The molecule has 2 heterocycles. The molecule has 4 bridgehead atoms. The van der Waals surface area contributed by atoms with E-state index in [1.54, 1.807) is 0 Å². The highest BCUT2D eigenvalue weighted by Crippen LogP contribution is 2.55. The second-order valence-corrected chi connectivity index (χ2v) is 8.10.